The van der Waals surface area contributed by atoms with Crippen LogP contribution >= 0.6 is 0 Å². The monoisotopic (exact) mass is 302 g/mol. The van der Waals surface area contributed by atoms with E-state index in [9.17, 15) is 8.42 Å². The quantitative estimate of drug-likeness (QED) is 0.848. The maximum absolute atomic E-state index is 12.7. The van der Waals surface area contributed by atoms with Crippen LogP contribution in [0.4, 0.5) is 0 Å². The van der Waals surface area contributed by atoms with Crippen molar-refractivity contribution in [3.8, 4) is 0 Å². The fourth-order valence-corrected chi connectivity index (χ4v) is 5.55. The van der Waals surface area contributed by atoms with Crippen molar-refractivity contribution in [2.24, 2.45) is 5.92 Å². The number of nitrogens with one attached hydrogen (secondary N) is 1. The van der Waals surface area contributed by atoms with Crippen molar-refractivity contribution in [3.05, 3.63) is 0 Å². The van der Waals surface area contributed by atoms with Crippen LogP contribution in [-0.4, -0.2) is 43.6 Å². The molecule has 0 amide bonds. The molecule has 0 aromatic heterocycles. The maximum Gasteiger partial charge on any atom is 0.216 e. The summed E-state index contributed by atoms with van der Waals surface area (Å²) >= 11 is 0. The van der Waals surface area contributed by atoms with Gasteiger partial charge in [0.2, 0.25) is 10.0 Å². The predicted octanol–water partition coefficient (Wildman–Crippen LogP) is 2.36. The third-order valence-corrected chi connectivity index (χ3v) is 7.00. The summed E-state index contributed by atoms with van der Waals surface area (Å²) in [5.41, 5.74) is 0. The molecule has 2 fully saturated rings. The molecule has 1 unspecified atom stereocenters. The van der Waals surface area contributed by atoms with Crippen LogP contribution in [0, 0.1) is 5.92 Å². The first kappa shape index (κ1) is 16.2. The summed E-state index contributed by atoms with van der Waals surface area (Å²) in [5.74, 6) is 0.476. The summed E-state index contributed by atoms with van der Waals surface area (Å²) in [5, 5.41) is 3.34. The summed E-state index contributed by atoms with van der Waals surface area (Å²) in [6, 6.07) is 0.473. The molecule has 0 radical (unpaired) electrons. The average Bonchev–Trinajstić information content (AvgIpc) is 2.46. The van der Waals surface area contributed by atoms with Gasteiger partial charge in [-0.05, 0) is 38.1 Å². The molecule has 4 nitrogen and oxygen atoms in total. The average molecular weight is 302 g/mol. The molecular formula is C15H30N2O2S. The van der Waals surface area contributed by atoms with E-state index in [-0.39, 0.29) is 5.25 Å². The second-order valence-electron chi connectivity index (χ2n) is 6.73. The van der Waals surface area contributed by atoms with E-state index in [0.717, 1.165) is 58.2 Å². The second kappa shape index (κ2) is 7.23. The molecule has 1 heterocycles. The topological polar surface area (TPSA) is 49.4 Å². The molecule has 0 aromatic rings. The Morgan fingerprint density at radius 1 is 1.10 bits per heavy atom. The molecule has 1 saturated carbocycles. The molecule has 118 valence electrons. The van der Waals surface area contributed by atoms with Crippen molar-refractivity contribution in [3.63, 3.8) is 0 Å². The summed E-state index contributed by atoms with van der Waals surface area (Å²) < 4.78 is 27.3. The Labute approximate surface area is 124 Å². The van der Waals surface area contributed by atoms with Gasteiger partial charge in [0.05, 0.1) is 5.25 Å². The van der Waals surface area contributed by atoms with Gasteiger partial charge in [0.15, 0.2) is 0 Å². The van der Waals surface area contributed by atoms with E-state index in [1.54, 1.807) is 4.31 Å². The highest BCUT2D eigenvalue weighted by Gasteiger charge is 2.35. The number of nitrogens with zero attached hydrogens (tertiary/aromatic N) is 1. The molecule has 20 heavy (non-hydrogen) atoms. The third-order valence-electron chi connectivity index (χ3n) is 4.63. The molecule has 0 spiro atoms. The van der Waals surface area contributed by atoms with Crippen LogP contribution in [0.15, 0.2) is 0 Å². The number of sulfonamides is 1. The van der Waals surface area contributed by atoms with E-state index < -0.39 is 10.0 Å². The molecule has 2 aliphatic rings. The summed E-state index contributed by atoms with van der Waals surface area (Å²) in [6.07, 6.45) is 7.26. The molecule has 0 aromatic carbocycles. The van der Waals surface area contributed by atoms with Crippen molar-refractivity contribution < 1.29 is 8.42 Å². The zero-order valence-electron chi connectivity index (χ0n) is 13.0. The highest BCUT2D eigenvalue weighted by Crippen LogP contribution is 2.28. The molecule has 1 aliphatic carbocycles. The van der Waals surface area contributed by atoms with Crippen molar-refractivity contribution in [2.45, 2.75) is 70.1 Å². The Morgan fingerprint density at radius 2 is 1.80 bits per heavy atom. The first-order valence-electron chi connectivity index (χ1n) is 8.22. The lowest BCUT2D eigenvalue weighted by Gasteiger charge is -2.35. The number of rotatable bonds is 5. The molecule has 5 heteroatoms. The molecule has 1 N–H and O–H groups in total. The van der Waals surface area contributed by atoms with Gasteiger partial charge < -0.3 is 5.32 Å². The highest BCUT2D eigenvalue weighted by molar-refractivity contribution is 7.89. The van der Waals surface area contributed by atoms with Gasteiger partial charge >= 0.3 is 0 Å². The van der Waals surface area contributed by atoms with E-state index >= 15 is 0 Å². The molecule has 0 bridgehead atoms. The van der Waals surface area contributed by atoms with Gasteiger partial charge in [0.1, 0.15) is 0 Å². The fraction of sp³-hybridized carbons (Fsp3) is 1.00. The van der Waals surface area contributed by atoms with Crippen LogP contribution in [0.25, 0.3) is 0 Å². The lowest BCUT2D eigenvalue weighted by atomic mass is 9.99. The van der Waals surface area contributed by atoms with E-state index in [0.29, 0.717) is 12.0 Å². The Bertz CT molecular complexity index is 389. The summed E-state index contributed by atoms with van der Waals surface area (Å²) in [7, 11) is -3.05. The molecule has 1 atom stereocenters. The Morgan fingerprint density at radius 3 is 2.45 bits per heavy atom. The van der Waals surface area contributed by atoms with Gasteiger partial charge in [-0.25, -0.2) is 12.7 Å². The predicted molar refractivity (Wildman–Crippen MR) is 83.2 cm³/mol. The number of hydrogen-bond acceptors (Lipinski definition) is 3. The summed E-state index contributed by atoms with van der Waals surface area (Å²) in [4.78, 5) is 0. The molecule has 1 saturated heterocycles. The maximum atomic E-state index is 12.7. The summed E-state index contributed by atoms with van der Waals surface area (Å²) in [6.45, 7) is 6.67. The SMILES string of the molecule is CC(C)NCC1CCCN(S(=O)(=O)C2CCCCC2)C1. The minimum absolute atomic E-state index is 0.104. The standard InChI is InChI=1S/C15H30N2O2S/c1-13(2)16-11-14-7-6-10-17(12-14)20(18,19)15-8-4-3-5-9-15/h13-16H,3-12H2,1-2H3. The Balaban J connectivity index is 1.93. The van der Waals surface area contributed by atoms with Crippen molar-refractivity contribution in [1.82, 2.24) is 9.62 Å². The minimum Gasteiger partial charge on any atom is -0.314 e. The van der Waals surface area contributed by atoms with Crippen LogP contribution in [-0.2, 0) is 10.0 Å². The molecule has 2 rings (SSSR count). The minimum atomic E-state index is -3.05. The van der Waals surface area contributed by atoms with Crippen LogP contribution < -0.4 is 5.32 Å². The van der Waals surface area contributed by atoms with Gasteiger partial charge in [-0.1, -0.05) is 33.1 Å². The first-order chi connectivity index (χ1) is 9.50. The van der Waals surface area contributed by atoms with Gasteiger partial charge in [-0.2, -0.15) is 0 Å². The molecular weight excluding hydrogens is 272 g/mol. The van der Waals surface area contributed by atoms with Crippen molar-refractivity contribution in [1.29, 1.82) is 0 Å². The second-order valence-corrected chi connectivity index (χ2v) is 8.95. The smallest absolute Gasteiger partial charge is 0.216 e. The van der Waals surface area contributed by atoms with Gasteiger partial charge in [0, 0.05) is 19.1 Å². The fourth-order valence-electron chi connectivity index (χ4n) is 3.40. The zero-order valence-corrected chi connectivity index (χ0v) is 13.8. The molecule has 1 aliphatic heterocycles. The number of hydrogen-bond donors (Lipinski definition) is 1. The van der Waals surface area contributed by atoms with Gasteiger partial charge in [-0.3, -0.25) is 0 Å². The Hall–Kier alpha value is -0.130. The van der Waals surface area contributed by atoms with Crippen LogP contribution in [0.3, 0.4) is 0 Å². The van der Waals surface area contributed by atoms with Gasteiger partial charge in [-0.15, -0.1) is 0 Å². The zero-order chi connectivity index (χ0) is 14.6. The Kier molecular flexibility index (Phi) is 5.87. The van der Waals surface area contributed by atoms with E-state index in [1.807, 2.05) is 0 Å². The highest BCUT2D eigenvalue weighted by atomic mass is 32.2. The van der Waals surface area contributed by atoms with E-state index in [2.05, 4.69) is 19.2 Å². The van der Waals surface area contributed by atoms with Crippen LogP contribution in [0.2, 0.25) is 0 Å². The van der Waals surface area contributed by atoms with E-state index in [1.165, 1.54) is 6.42 Å². The lowest BCUT2D eigenvalue weighted by molar-refractivity contribution is 0.252. The number of piperidine rings is 1. The van der Waals surface area contributed by atoms with E-state index in [4.69, 9.17) is 0 Å². The van der Waals surface area contributed by atoms with Crippen LogP contribution in [0.5, 0.6) is 0 Å². The normalized spacial score (nSPS) is 27.1. The lowest BCUT2D eigenvalue weighted by Crippen LogP contribution is -2.47. The van der Waals surface area contributed by atoms with Crippen molar-refractivity contribution >= 4 is 10.0 Å². The third kappa shape index (κ3) is 4.18. The van der Waals surface area contributed by atoms with Crippen molar-refractivity contribution in [2.75, 3.05) is 19.6 Å². The first-order valence-corrected chi connectivity index (χ1v) is 9.73. The van der Waals surface area contributed by atoms with Gasteiger partial charge in [0.25, 0.3) is 0 Å². The van der Waals surface area contributed by atoms with Crippen LogP contribution in [0.1, 0.15) is 58.8 Å². The largest absolute Gasteiger partial charge is 0.314 e.